The number of phenolic OH excluding ortho intramolecular Hbond substituents is 1. The summed E-state index contributed by atoms with van der Waals surface area (Å²) in [7, 11) is 1.46. The second-order valence-corrected chi connectivity index (χ2v) is 8.62. The molecule has 3 aromatic rings. The minimum atomic E-state index is -0.639. The SMILES string of the molecule is CCSc1nnc2c(n1)OC(c1cc(Cl)c(O)c(OC)c1)Nc1ccc(Br)cc1-2. The van der Waals surface area contributed by atoms with Crippen LogP contribution in [0.4, 0.5) is 5.69 Å². The summed E-state index contributed by atoms with van der Waals surface area (Å²) in [4.78, 5) is 4.55. The molecule has 10 heteroatoms. The van der Waals surface area contributed by atoms with Crippen molar-refractivity contribution in [3.8, 4) is 28.6 Å². The summed E-state index contributed by atoms with van der Waals surface area (Å²) < 4.78 is 12.3. The minimum Gasteiger partial charge on any atom is -0.503 e. The fraction of sp³-hybridized carbons (Fsp3) is 0.211. The van der Waals surface area contributed by atoms with E-state index in [2.05, 4.69) is 36.4 Å². The zero-order chi connectivity index (χ0) is 20.5. The molecule has 0 spiro atoms. The summed E-state index contributed by atoms with van der Waals surface area (Å²) in [5.74, 6) is 1.30. The monoisotopic (exact) mass is 494 g/mol. The number of thioether (sulfide) groups is 1. The lowest BCUT2D eigenvalue weighted by atomic mass is 10.1. The van der Waals surface area contributed by atoms with E-state index in [0.29, 0.717) is 22.3 Å². The summed E-state index contributed by atoms with van der Waals surface area (Å²) >= 11 is 11.2. The summed E-state index contributed by atoms with van der Waals surface area (Å²) in [6.45, 7) is 2.02. The lowest BCUT2D eigenvalue weighted by Crippen LogP contribution is -2.17. The number of nitrogens with zero attached hydrogens (tertiary/aromatic N) is 3. The molecule has 1 aromatic heterocycles. The average Bonchev–Trinajstić information content (AvgIpc) is 2.86. The topological polar surface area (TPSA) is 89.4 Å². The average molecular weight is 496 g/mol. The van der Waals surface area contributed by atoms with Crippen LogP contribution < -0.4 is 14.8 Å². The number of halogens is 2. The molecule has 2 N–H and O–H groups in total. The third kappa shape index (κ3) is 3.94. The van der Waals surface area contributed by atoms with Gasteiger partial charge in [0.15, 0.2) is 23.4 Å². The Morgan fingerprint density at radius 2 is 2.14 bits per heavy atom. The molecule has 150 valence electrons. The van der Waals surface area contributed by atoms with E-state index in [1.165, 1.54) is 18.9 Å². The number of phenols is 1. The highest BCUT2D eigenvalue weighted by Crippen LogP contribution is 2.43. The predicted molar refractivity (Wildman–Crippen MR) is 116 cm³/mol. The zero-order valence-corrected chi connectivity index (χ0v) is 18.6. The highest BCUT2D eigenvalue weighted by molar-refractivity contribution is 9.10. The van der Waals surface area contributed by atoms with Gasteiger partial charge in [0.2, 0.25) is 11.0 Å². The van der Waals surface area contributed by atoms with Gasteiger partial charge < -0.3 is 19.9 Å². The van der Waals surface area contributed by atoms with Gasteiger partial charge in [-0.25, -0.2) is 0 Å². The normalized spacial score (nSPS) is 14.8. The van der Waals surface area contributed by atoms with Gasteiger partial charge in [0, 0.05) is 21.3 Å². The molecule has 1 aliphatic rings. The number of methoxy groups -OCH3 is 1. The molecule has 0 amide bonds. The predicted octanol–water partition coefficient (Wildman–Crippen LogP) is 5.28. The van der Waals surface area contributed by atoms with E-state index in [1.54, 1.807) is 12.1 Å². The second kappa shape index (κ2) is 8.25. The zero-order valence-electron chi connectivity index (χ0n) is 15.4. The van der Waals surface area contributed by atoms with E-state index in [9.17, 15) is 5.11 Å². The van der Waals surface area contributed by atoms with Gasteiger partial charge in [0.05, 0.1) is 12.1 Å². The maximum atomic E-state index is 10.1. The quantitative estimate of drug-likeness (QED) is 0.472. The van der Waals surface area contributed by atoms with Crippen LogP contribution in [0.1, 0.15) is 18.7 Å². The standard InChI is InChI=1S/C19H16BrClN4O3S/c1-3-29-19-23-18-15(24-25-19)11-8-10(20)4-5-13(11)22-17(28-18)9-6-12(21)16(26)14(7-9)27-2/h4-8,17,22,26H,3H2,1-2H3. The molecular weight excluding hydrogens is 480 g/mol. The fourth-order valence-electron chi connectivity index (χ4n) is 2.91. The highest BCUT2D eigenvalue weighted by Gasteiger charge is 2.27. The van der Waals surface area contributed by atoms with Crippen LogP contribution in [0.5, 0.6) is 17.4 Å². The highest BCUT2D eigenvalue weighted by atomic mass is 79.9. The Morgan fingerprint density at radius 1 is 1.31 bits per heavy atom. The van der Waals surface area contributed by atoms with Gasteiger partial charge in [-0.1, -0.05) is 46.2 Å². The van der Waals surface area contributed by atoms with Gasteiger partial charge in [0.25, 0.3) is 0 Å². The van der Waals surface area contributed by atoms with Gasteiger partial charge in [0.1, 0.15) is 0 Å². The third-order valence-corrected chi connectivity index (χ3v) is 5.74. The molecule has 1 atom stereocenters. The van der Waals surface area contributed by atoms with Crippen molar-refractivity contribution in [1.29, 1.82) is 0 Å². The van der Waals surface area contributed by atoms with Gasteiger partial charge >= 0.3 is 0 Å². The van der Waals surface area contributed by atoms with Gasteiger partial charge in [-0.15, -0.1) is 10.2 Å². The Balaban J connectivity index is 1.86. The van der Waals surface area contributed by atoms with Crippen LogP contribution in [0, 0.1) is 0 Å². The van der Waals surface area contributed by atoms with Crippen molar-refractivity contribution < 1.29 is 14.6 Å². The summed E-state index contributed by atoms with van der Waals surface area (Å²) in [5, 5.41) is 22.7. The first-order valence-corrected chi connectivity index (χ1v) is 10.8. The minimum absolute atomic E-state index is 0.123. The number of anilines is 1. The first-order valence-electron chi connectivity index (χ1n) is 8.67. The van der Waals surface area contributed by atoms with Gasteiger partial charge in [-0.05, 0) is 36.1 Å². The fourth-order valence-corrected chi connectivity index (χ4v) is 4.00. The van der Waals surface area contributed by atoms with Crippen LogP contribution in [-0.4, -0.2) is 33.2 Å². The maximum Gasteiger partial charge on any atom is 0.247 e. The maximum absolute atomic E-state index is 10.1. The van der Waals surface area contributed by atoms with Crippen molar-refractivity contribution in [1.82, 2.24) is 15.2 Å². The summed E-state index contributed by atoms with van der Waals surface area (Å²) in [6.07, 6.45) is -0.639. The van der Waals surface area contributed by atoms with Gasteiger partial charge in [-0.3, -0.25) is 0 Å². The molecule has 2 heterocycles. The Labute approximate surface area is 184 Å². The van der Waals surface area contributed by atoms with Crippen molar-refractivity contribution in [2.45, 2.75) is 18.3 Å². The van der Waals surface area contributed by atoms with Crippen molar-refractivity contribution in [3.63, 3.8) is 0 Å². The molecule has 0 radical (unpaired) electrons. The van der Waals surface area contributed by atoms with Gasteiger partial charge in [-0.2, -0.15) is 4.98 Å². The molecule has 7 nitrogen and oxygen atoms in total. The summed E-state index contributed by atoms with van der Waals surface area (Å²) in [5.41, 5.74) is 2.80. The number of rotatable bonds is 4. The first kappa shape index (κ1) is 20.1. The van der Waals surface area contributed by atoms with Crippen molar-refractivity contribution in [2.75, 3.05) is 18.2 Å². The smallest absolute Gasteiger partial charge is 0.247 e. The van der Waals surface area contributed by atoms with E-state index < -0.39 is 6.23 Å². The number of ether oxygens (including phenoxy) is 2. The Bertz CT molecular complexity index is 1090. The largest absolute Gasteiger partial charge is 0.503 e. The molecular formula is C19H16BrClN4O3S. The Hall–Kier alpha value is -2.23. The number of nitrogens with one attached hydrogen (secondary N) is 1. The van der Waals surface area contributed by atoms with E-state index in [4.69, 9.17) is 21.1 Å². The van der Waals surface area contributed by atoms with E-state index in [0.717, 1.165) is 21.5 Å². The van der Waals surface area contributed by atoms with Crippen LogP contribution in [0.2, 0.25) is 5.02 Å². The number of hydrogen-bond acceptors (Lipinski definition) is 8. The number of benzene rings is 2. The lowest BCUT2D eigenvalue weighted by molar-refractivity contribution is 0.224. The van der Waals surface area contributed by atoms with Crippen LogP contribution in [0.25, 0.3) is 11.3 Å². The second-order valence-electron chi connectivity index (χ2n) is 6.07. The van der Waals surface area contributed by atoms with Crippen LogP contribution in [0.3, 0.4) is 0 Å². The molecule has 0 bridgehead atoms. The lowest BCUT2D eigenvalue weighted by Gasteiger charge is -2.20. The Morgan fingerprint density at radius 3 is 2.90 bits per heavy atom. The van der Waals surface area contributed by atoms with E-state index in [-0.39, 0.29) is 16.5 Å². The molecule has 2 aromatic carbocycles. The first-order chi connectivity index (χ1) is 14.0. The molecule has 0 fully saturated rings. The molecule has 0 saturated heterocycles. The number of aromatic nitrogens is 3. The number of fused-ring (bicyclic) bond motifs is 3. The number of hydrogen-bond donors (Lipinski definition) is 2. The summed E-state index contributed by atoms with van der Waals surface area (Å²) in [6, 6.07) is 9.05. The number of aromatic hydroxyl groups is 1. The van der Waals surface area contributed by atoms with Crippen molar-refractivity contribution >= 4 is 45.0 Å². The molecule has 1 aliphatic heterocycles. The van der Waals surface area contributed by atoms with Crippen molar-refractivity contribution in [3.05, 3.63) is 45.4 Å². The van der Waals surface area contributed by atoms with Crippen molar-refractivity contribution in [2.24, 2.45) is 0 Å². The molecule has 0 saturated carbocycles. The van der Waals surface area contributed by atoms with E-state index in [1.807, 2.05) is 25.1 Å². The molecule has 4 rings (SSSR count). The van der Waals surface area contributed by atoms with Crippen LogP contribution in [0.15, 0.2) is 40.0 Å². The van der Waals surface area contributed by atoms with Crippen LogP contribution >= 0.6 is 39.3 Å². The molecule has 29 heavy (non-hydrogen) atoms. The van der Waals surface area contributed by atoms with Crippen LogP contribution in [-0.2, 0) is 0 Å². The Kier molecular flexibility index (Phi) is 5.71. The molecule has 0 aliphatic carbocycles. The van der Waals surface area contributed by atoms with E-state index >= 15 is 0 Å². The molecule has 1 unspecified atom stereocenters. The third-order valence-electron chi connectivity index (χ3n) is 4.23.